The lowest BCUT2D eigenvalue weighted by Crippen LogP contribution is -2.23. The summed E-state index contributed by atoms with van der Waals surface area (Å²) in [7, 11) is 0. The molecular weight excluding hydrogens is 354 g/mol. The van der Waals surface area contributed by atoms with E-state index in [1.54, 1.807) is 36.6 Å². The minimum absolute atomic E-state index is 0.102. The fourth-order valence-electron chi connectivity index (χ4n) is 2.66. The van der Waals surface area contributed by atoms with Crippen LogP contribution in [0.15, 0.2) is 65.3 Å². The Morgan fingerprint density at radius 3 is 2.54 bits per heavy atom. The molecule has 0 unspecified atom stereocenters. The Balaban J connectivity index is 1.52. The smallest absolute Gasteiger partial charge is 0.251 e. The Morgan fingerprint density at radius 1 is 0.929 bits per heavy atom. The molecule has 0 aliphatic heterocycles. The summed E-state index contributed by atoms with van der Waals surface area (Å²) in [4.78, 5) is 24.4. The van der Waals surface area contributed by atoms with Crippen LogP contribution in [-0.2, 0) is 11.3 Å². The molecule has 6 nitrogen and oxygen atoms in total. The van der Waals surface area contributed by atoms with E-state index in [0.717, 1.165) is 11.3 Å². The first kappa shape index (κ1) is 19.2. The number of furan rings is 1. The number of hydrogen-bond donors (Lipinski definition) is 3. The van der Waals surface area contributed by atoms with Gasteiger partial charge in [0.25, 0.3) is 5.91 Å². The van der Waals surface area contributed by atoms with E-state index >= 15 is 0 Å². The van der Waals surface area contributed by atoms with Gasteiger partial charge in [-0.2, -0.15) is 0 Å². The van der Waals surface area contributed by atoms with Crippen molar-refractivity contribution in [2.24, 2.45) is 0 Å². The van der Waals surface area contributed by atoms with E-state index in [4.69, 9.17) is 4.42 Å². The van der Waals surface area contributed by atoms with Crippen molar-refractivity contribution in [3.05, 3.63) is 83.3 Å². The molecule has 3 aromatic rings. The first-order valence-corrected chi connectivity index (χ1v) is 9.03. The molecule has 0 aliphatic rings. The number of hydrogen-bond acceptors (Lipinski definition) is 4. The van der Waals surface area contributed by atoms with Gasteiger partial charge in [-0.15, -0.1) is 0 Å². The van der Waals surface area contributed by atoms with E-state index in [2.05, 4.69) is 16.0 Å². The normalized spacial score (nSPS) is 10.4. The van der Waals surface area contributed by atoms with E-state index in [9.17, 15) is 9.59 Å². The van der Waals surface area contributed by atoms with Gasteiger partial charge in [0.05, 0.1) is 19.4 Å². The molecule has 0 radical (unpaired) electrons. The lowest BCUT2D eigenvalue weighted by Gasteiger charge is -2.10. The van der Waals surface area contributed by atoms with Crippen LogP contribution in [0.2, 0.25) is 0 Å². The number of aryl methyl sites for hydroxylation is 2. The van der Waals surface area contributed by atoms with Crippen LogP contribution in [-0.4, -0.2) is 18.4 Å². The van der Waals surface area contributed by atoms with Crippen LogP contribution in [0.3, 0.4) is 0 Å². The van der Waals surface area contributed by atoms with Gasteiger partial charge in [0.1, 0.15) is 5.76 Å². The maximum Gasteiger partial charge on any atom is 0.251 e. The summed E-state index contributed by atoms with van der Waals surface area (Å²) in [6.45, 7) is 4.46. The largest absolute Gasteiger partial charge is 0.467 e. The molecular formula is C22H23N3O3. The number of benzene rings is 2. The minimum Gasteiger partial charge on any atom is -0.467 e. The predicted molar refractivity (Wildman–Crippen MR) is 109 cm³/mol. The van der Waals surface area contributed by atoms with Crippen molar-refractivity contribution in [1.82, 2.24) is 5.32 Å². The number of amides is 2. The number of carbonyl (C=O) groups is 2. The van der Waals surface area contributed by atoms with Crippen LogP contribution in [0.5, 0.6) is 0 Å². The summed E-state index contributed by atoms with van der Waals surface area (Å²) >= 11 is 0. The molecule has 0 saturated carbocycles. The van der Waals surface area contributed by atoms with Crippen molar-refractivity contribution in [3.63, 3.8) is 0 Å². The van der Waals surface area contributed by atoms with Gasteiger partial charge >= 0.3 is 0 Å². The highest BCUT2D eigenvalue weighted by molar-refractivity contribution is 5.96. The molecule has 2 amide bonds. The van der Waals surface area contributed by atoms with Gasteiger partial charge in [0.15, 0.2) is 0 Å². The Morgan fingerprint density at radius 2 is 1.79 bits per heavy atom. The highest BCUT2D eigenvalue weighted by Crippen LogP contribution is 2.14. The average Bonchev–Trinajstić information content (AvgIpc) is 3.21. The standard InChI is InChI=1S/C22H23N3O3/c1-15-8-9-19(11-16(15)2)25-21(26)14-23-18-6-3-5-17(12-18)22(27)24-13-20-7-4-10-28-20/h3-12,23H,13-14H2,1-2H3,(H,24,27)(H,25,26). The van der Waals surface area contributed by atoms with Crippen molar-refractivity contribution < 1.29 is 14.0 Å². The van der Waals surface area contributed by atoms with Crippen molar-refractivity contribution >= 4 is 23.2 Å². The van der Waals surface area contributed by atoms with Crippen LogP contribution >= 0.6 is 0 Å². The molecule has 0 fully saturated rings. The lowest BCUT2D eigenvalue weighted by molar-refractivity contribution is -0.114. The monoisotopic (exact) mass is 377 g/mol. The molecule has 3 rings (SSSR count). The highest BCUT2D eigenvalue weighted by Gasteiger charge is 2.08. The molecule has 6 heteroatoms. The zero-order valence-electron chi connectivity index (χ0n) is 15.9. The summed E-state index contributed by atoms with van der Waals surface area (Å²) in [5.74, 6) is 0.321. The first-order valence-electron chi connectivity index (χ1n) is 9.03. The third-order valence-corrected chi connectivity index (χ3v) is 4.37. The van der Waals surface area contributed by atoms with Gasteiger partial charge in [-0.05, 0) is 67.4 Å². The topological polar surface area (TPSA) is 83.4 Å². The van der Waals surface area contributed by atoms with Crippen LogP contribution in [0.25, 0.3) is 0 Å². The zero-order chi connectivity index (χ0) is 19.9. The number of nitrogens with one attached hydrogen (secondary N) is 3. The molecule has 144 valence electrons. The second-order valence-corrected chi connectivity index (χ2v) is 6.54. The van der Waals surface area contributed by atoms with Crippen LogP contribution in [0, 0.1) is 13.8 Å². The molecule has 0 atom stereocenters. The van der Waals surface area contributed by atoms with Gasteiger partial charge < -0.3 is 20.4 Å². The van der Waals surface area contributed by atoms with Gasteiger partial charge in [0, 0.05) is 16.9 Å². The first-order chi connectivity index (χ1) is 13.5. The quantitative estimate of drug-likeness (QED) is 0.583. The Bertz CT molecular complexity index is 965. The summed E-state index contributed by atoms with van der Waals surface area (Å²) < 4.78 is 5.20. The van der Waals surface area contributed by atoms with Crippen LogP contribution in [0.4, 0.5) is 11.4 Å². The molecule has 28 heavy (non-hydrogen) atoms. The van der Waals surface area contributed by atoms with E-state index in [1.165, 1.54) is 5.56 Å². The fourth-order valence-corrected chi connectivity index (χ4v) is 2.66. The highest BCUT2D eigenvalue weighted by atomic mass is 16.3. The molecule has 0 spiro atoms. The maximum atomic E-state index is 12.3. The average molecular weight is 377 g/mol. The van der Waals surface area contributed by atoms with Gasteiger partial charge in [-0.25, -0.2) is 0 Å². The molecule has 3 N–H and O–H groups in total. The summed E-state index contributed by atoms with van der Waals surface area (Å²) in [6.07, 6.45) is 1.56. The lowest BCUT2D eigenvalue weighted by atomic mass is 10.1. The summed E-state index contributed by atoms with van der Waals surface area (Å²) in [5.41, 5.74) is 4.27. The number of carbonyl (C=O) groups excluding carboxylic acids is 2. The third kappa shape index (κ3) is 5.23. The second-order valence-electron chi connectivity index (χ2n) is 6.54. The van der Waals surface area contributed by atoms with Crippen molar-refractivity contribution in [1.29, 1.82) is 0 Å². The second kappa shape index (κ2) is 8.90. The summed E-state index contributed by atoms with van der Waals surface area (Å²) in [6, 6.07) is 16.4. The van der Waals surface area contributed by atoms with Crippen molar-refractivity contribution in [2.75, 3.05) is 17.2 Å². The van der Waals surface area contributed by atoms with E-state index in [-0.39, 0.29) is 18.4 Å². The van der Waals surface area contributed by atoms with E-state index in [1.807, 2.05) is 38.1 Å². The molecule has 0 saturated heterocycles. The molecule has 1 aromatic heterocycles. The fraction of sp³-hybridized carbons (Fsp3) is 0.182. The molecule has 2 aromatic carbocycles. The van der Waals surface area contributed by atoms with Crippen LogP contribution in [0.1, 0.15) is 27.2 Å². The van der Waals surface area contributed by atoms with Gasteiger partial charge in [-0.3, -0.25) is 9.59 Å². The summed E-state index contributed by atoms with van der Waals surface area (Å²) in [5, 5.41) is 8.70. The molecule has 0 bridgehead atoms. The third-order valence-electron chi connectivity index (χ3n) is 4.37. The van der Waals surface area contributed by atoms with Gasteiger partial charge in [0.2, 0.25) is 5.91 Å². The molecule has 1 heterocycles. The van der Waals surface area contributed by atoms with Crippen LogP contribution < -0.4 is 16.0 Å². The Labute approximate surface area is 164 Å². The predicted octanol–water partition coefficient (Wildman–Crippen LogP) is 3.88. The van der Waals surface area contributed by atoms with Crippen molar-refractivity contribution in [3.8, 4) is 0 Å². The number of rotatable bonds is 7. The zero-order valence-corrected chi connectivity index (χ0v) is 15.9. The van der Waals surface area contributed by atoms with E-state index < -0.39 is 0 Å². The number of anilines is 2. The SMILES string of the molecule is Cc1ccc(NC(=O)CNc2cccc(C(=O)NCc3ccco3)c2)cc1C. The van der Waals surface area contributed by atoms with Crippen molar-refractivity contribution in [2.45, 2.75) is 20.4 Å². The maximum absolute atomic E-state index is 12.3. The molecule has 0 aliphatic carbocycles. The Hall–Kier alpha value is -3.54. The Kier molecular flexibility index (Phi) is 6.11. The van der Waals surface area contributed by atoms with E-state index in [0.29, 0.717) is 23.6 Å². The van der Waals surface area contributed by atoms with Gasteiger partial charge in [-0.1, -0.05) is 12.1 Å². The minimum atomic E-state index is -0.209.